The zero-order chi connectivity index (χ0) is 19.1. The topological polar surface area (TPSA) is 67.4 Å². The number of amides is 2. The average molecular weight is 380 g/mol. The SMILES string of the molecule is CC(Oc1ccc2ccccc2c1)C(=O)NNC(=O)CSc1ccccc1. The quantitative estimate of drug-likeness (QED) is 0.507. The van der Waals surface area contributed by atoms with Crippen molar-refractivity contribution >= 4 is 34.3 Å². The number of hydrogen-bond acceptors (Lipinski definition) is 4. The number of nitrogens with one attached hydrogen (secondary N) is 2. The third-order valence-electron chi connectivity index (χ3n) is 3.84. The summed E-state index contributed by atoms with van der Waals surface area (Å²) in [6.45, 7) is 1.63. The van der Waals surface area contributed by atoms with Crippen molar-refractivity contribution in [2.45, 2.75) is 17.9 Å². The highest BCUT2D eigenvalue weighted by molar-refractivity contribution is 8.00. The van der Waals surface area contributed by atoms with E-state index in [-0.39, 0.29) is 11.7 Å². The van der Waals surface area contributed by atoms with E-state index in [9.17, 15) is 9.59 Å². The Labute approximate surface area is 162 Å². The van der Waals surface area contributed by atoms with Gasteiger partial charge in [-0.1, -0.05) is 48.5 Å². The highest BCUT2D eigenvalue weighted by Crippen LogP contribution is 2.21. The van der Waals surface area contributed by atoms with E-state index < -0.39 is 12.0 Å². The second kappa shape index (κ2) is 9.09. The van der Waals surface area contributed by atoms with Crippen molar-refractivity contribution in [3.8, 4) is 5.75 Å². The number of carbonyl (C=O) groups excluding carboxylic acids is 2. The molecule has 0 spiro atoms. The maximum atomic E-state index is 12.1. The van der Waals surface area contributed by atoms with Crippen molar-refractivity contribution in [3.63, 3.8) is 0 Å². The first-order chi connectivity index (χ1) is 13.1. The van der Waals surface area contributed by atoms with Gasteiger partial charge in [0.05, 0.1) is 5.75 Å². The minimum Gasteiger partial charge on any atom is -0.481 e. The molecule has 2 N–H and O–H groups in total. The van der Waals surface area contributed by atoms with Crippen LogP contribution in [0.15, 0.2) is 77.7 Å². The molecule has 138 valence electrons. The molecule has 1 unspecified atom stereocenters. The van der Waals surface area contributed by atoms with Crippen LogP contribution in [0, 0.1) is 0 Å². The maximum Gasteiger partial charge on any atom is 0.279 e. The van der Waals surface area contributed by atoms with Gasteiger partial charge in [-0.05, 0) is 42.0 Å². The van der Waals surface area contributed by atoms with Gasteiger partial charge in [0.15, 0.2) is 6.10 Å². The first-order valence-corrected chi connectivity index (χ1v) is 9.52. The van der Waals surface area contributed by atoms with E-state index in [1.807, 2.05) is 72.8 Å². The van der Waals surface area contributed by atoms with Crippen molar-refractivity contribution < 1.29 is 14.3 Å². The molecule has 27 heavy (non-hydrogen) atoms. The van der Waals surface area contributed by atoms with Crippen molar-refractivity contribution in [3.05, 3.63) is 72.8 Å². The van der Waals surface area contributed by atoms with Crippen LogP contribution in [0.1, 0.15) is 6.92 Å². The molecule has 3 aromatic carbocycles. The normalized spacial score (nSPS) is 11.6. The largest absolute Gasteiger partial charge is 0.481 e. The van der Waals surface area contributed by atoms with Crippen LogP contribution in [0.5, 0.6) is 5.75 Å². The molecule has 0 aliphatic heterocycles. The first kappa shape index (κ1) is 18.8. The number of hydrazine groups is 1. The van der Waals surface area contributed by atoms with E-state index >= 15 is 0 Å². The number of benzene rings is 3. The van der Waals surface area contributed by atoms with Crippen LogP contribution in [0.3, 0.4) is 0 Å². The van der Waals surface area contributed by atoms with E-state index in [4.69, 9.17) is 4.74 Å². The minimum absolute atomic E-state index is 0.213. The highest BCUT2D eigenvalue weighted by Gasteiger charge is 2.15. The second-order valence-corrected chi connectivity index (χ2v) is 6.96. The molecule has 6 heteroatoms. The molecule has 0 aromatic heterocycles. The standard InChI is InChI=1S/C21H20N2O3S/c1-15(26-18-12-11-16-7-5-6-8-17(16)13-18)21(25)23-22-20(24)14-27-19-9-3-2-4-10-19/h2-13,15H,14H2,1H3,(H,22,24)(H,23,25). The van der Waals surface area contributed by atoms with E-state index in [2.05, 4.69) is 10.9 Å². The predicted octanol–water partition coefficient (Wildman–Crippen LogP) is 3.55. The molecule has 0 aliphatic rings. The second-order valence-electron chi connectivity index (χ2n) is 5.91. The van der Waals surface area contributed by atoms with Crippen LogP contribution in [0.4, 0.5) is 0 Å². The Hall–Kier alpha value is -2.99. The molecule has 0 aliphatic carbocycles. The summed E-state index contributed by atoms with van der Waals surface area (Å²) in [5.74, 6) is 0.114. The Kier molecular flexibility index (Phi) is 6.33. The van der Waals surface area contributed by atoms with Crippen LogP contribution in [-0.2, 0) is 9.59 Å². The molecular formula is C21H20N2O3S. The van der Waals surface area contributed by atoms with Gasteiger partial charge in [0.1, 0.15) is 5.75 Å². The summed E-state index contributed by atoms with van der Waals surface area (Å²) in [4.78, 5) is 25.0. The third-order valence-corrected chi connectivity index (χ3v) is 4.85. The molecule has 0 fully saturated rings. The van der Waals surface area contributed by atoms with Crippen LogP contribution in [0.2, 0.25) is 0 Å². The van der Waals surface area contributed by atoms with Crippen LogP contribution in [0.25, 0.3) is 10.8 Å². The summed E-state index contributed by atoms with van der Waals surface area (Å²) in [5, 5.41) is 2.14. The summed E-state index contributed by atoms with van der Waals surface area (Å²) < 4.78 is 5.68. The van der Waals surface area contributed by atoms with Crippen molar-refractivity contribution in [1.82, 2.24) is 10.9 Å². The smallest absolute Gasteiger partial charge is 0.279 e. The van der Waals surface area contributed by atoms with Crippen molar-refractivity contribution in [1.29, 1.82) is 0 Å². The van der Waals surface area contributed by atoms with Gasteiger partial charge < -0.3 is 4.74 Å². The predicted molar refractivity (Wildman–Crippen MR) is 107 cm³/mol. The number of rotatable bonds is 6. The monoisotopic (exact) mass is 380 g/mol. The number of fused-ring (bicyclic) bond motifs is 1. The number of ether oxygens (including phenoxy) is 1. The average Bonchev–Trinajstić information content (AvgIpc) is 2.71. The molecule has 0 heterocycles. The molecule has 5 nitrogen and oxygen atoms in total. The van der Waals surface area contributed by atoms with Crippen LogP contribution >= 0.6 is 11.8 Å². The third kappa shape index (κ3) is 5.49. The number of hydrogen-bond donors (Lipinski definition) is 2. The van der Waals surface area contributed by atoms with Gasteiger partial charge in [-0.2, -0.15) is 0 Å². The molecular weight excluding hydrogens is 360 g/mol. The van der Waals surface area contributed by atoms with Crippen molar-refractivity contribution in [2.75, 3.05) is 5.75 Å². The summed E-state index contributed by atoms with van der Waals surface area (Å²) >= 11 is 1.40. The van der Waals surface area contributed by atoms with Gasteiger partial charge in [0.25, 0.3) is 5.91 Å². The fourth-order valence-electron chi connectivity index (χ4n) is 2.43. The Morgan fingerprint density at radius 3 is 2.41 bits per heavy atom. The van der Waals surface area contributed by atoms with Gasteiger partial charge in [0, 0.05) is 4.90 Å². The van der Waals surface area contributed by atoms with E-state index in [1.165, 1.54) is 11.8 Å². The first-order valence-electron chi connectivity index (χ1n) is 8.54. The summed E-state index contributed by atoms with van der Waals surface area (Å²) in [7, 11) is 0. The lowest BCUT2D eigenvalue weighted by Gasteiger charge is -2.15. The van der Waals surface area contributed by atoms with Crippen LogP contribution < -0.4 is 15.6 Å². The van der Waals surface area contributed by atoms with E-state index in [0.717, 1.165) is 15.7 Å². The van der Waals surface area contributed by atoms with Crippen LogP contribution in [-0.4, -0.2) is 23.7 Å². The van der Waals surface area contributed by atoms with E-state index in [1.54, 1.807) is 6.92 Å². The summed E-state index contributed by atoms with van der Waals surface area (Å²) in [6, 6.07) is 23.2. The lowest BCUT2D eigenvalue weighted by Crippen LogP contribution is -2.47. The molecule has 2 amide bonds. The molecule has 3 aromatic rings. The summed E-state index contributed by atoms with van der Waals surface area (Å²) in [5.41, 5.74) is 4.81. The Balaban J connectivity index is 1.46. The lowest BCUT2D eigenvalue weighted by atomic mass is 10.1. The Bertz CT molecular complexity index is 931. The van der Waals surface area contributed by atoms with Gasteiger partial charge in [-0.15, -0.1) is 11.8 Å². The number of carbonyl (C=O) groups is 2. The van der Waals surface area contributed by atoms with Gasteiger partial charge >= 0.3 is 0 Å². The molecule has 0 saturated heterocycles. The fraction of sp³-hybridized carbons (Fsp3) is 0.143. The lowest BCUT2D eigenvalue weighted by molar-refractivity contribution is -0.131. The number of thioether (sulfide) groups is 1. The van der Waals surface area contributed by atoms with Crippen molar-refractivity contribution in [2.24, 2.45) is 0 Å². The summed E-state index contributed by atoms with van der Waals surface area (Å²) in [6.07, 6.45) is -0.742. The van der Waals surface area contributed by atoms with Gasteiger partial charge in [-0.25, -0.2) is 0 Å². The maximum absolute atomic E-state index is 12.1. The van der Waals surface area contributed by atoms with E-state index in [0.29, 0.717) is 5.75 Å². The van der Waals surface area contributed by atoms with Gasteiger partial charge in [0.2, 0.25) is 5.91 Å². The zero-order valence-electron chi connectivity index (χ0n) is 14.8. The Morgan fingerprint density at radius 2 is 1.63 bits per heavy atom. The highest BCUT2D eigenvalue weighted by atomic mass is 32.2. The minimum atomic E-state index is -0.742. The molecule has 0 saturated carbocycles. The Morgan fingerprint density at radius 1 is 0.926 bits per heavy atom. The molecule has 1 atom stereocenters. The van der Waals surface area contributed by atoms with Gasteiger partial charge in [-0.3, -0.25) is 20.4 Å². The molecule has 3 rings (SSSR count). The molecule has 0 radical (unpaired) electrons. The fourth-order valence-corrected chi connectivity index (χ4v) is 3.15. The molecule has 0 bridgehead atoms. The zero-order valence-corrected chi connectivity index (χ0v) is 15.7.